The van der Waals surface area contributed by atoms with E-state index in [9.17, 15) is 15.0 Å². The minimum absolute atomic E-state index is 0.191. The highest BCUT2D eigenvalue weighted by atomic mass is 32.2. The van der Waals surface area contributed by atoms with Gasteiger partial charge in [0, 0.05) is 6.61 Å². The predicted octanol–water partition coefficient (Wildman–Crippen LogP) is 1.29. The standard InChI is InChI=1S/C14H20O5S/c1-3-18-14(17)12(20-2)11(15)9-19-13(16)10-7-5-4-6-8-10/h4-8,11-12,14-15,17H,3,9H2,1-2H3. The summed E-state index contributed by atoms with van der Waals surface area (Å²) in [4.78, 5) is 11.7. The van der Waals surface area contributed by atoms with Gasteiger partial charge in [0.15, 0.2) is 6.29 Å². The molecule has 0 spiro atoms. The number of hydrogen-bond donors (Lipinski definition) is 2. The van der Waals surface area contributed by atoms with Gasteiger partial charge in [0.1, 0.15) is 12.7 Å². The lowest BCUT2D eigenvalue weighted by molar-refractivity contribution is -0.115. The van der Waals surface area contributed by atoms with E-state index in [1.54, 1.807) is 43.5 Å². The average Bonchev–Trinajstić information content (AvgIpc) is 2.46. The fraction of sp³-hybridized carbons (Fsp3) is 0.500. The molecule has 0 aliphatic rings. The Morgan fingerprint density at radius 2 is 1.95 bits per heavy atom. The van der Waals surface area contributed by atoms with Gasteiger partial charge in [-0.25, -0.2) is 4.79 Å². The highest BCUT2D eigenvalue weighted by Crippen LogP contribution is 2.17. The lowest BCUT2D eigenvalue weighted by Crippen LogP contribution is -2.39. The monoisotopic (exact) mass is 300 g/mol. The van der Waals surface area contributed by atoms with Gasteiger partial charge in [-0.3, -0.25) is 0 Å². The van der Waals surface area contributed by atoms with Crippen LogP contribution in [0.15, 0.2) is 30.3 Å². The maximum atomic E-state index is 11.7. The van der Waals surface area contributed by atoms with Crippen LogP contribution in [0.3, 0.4) is 0 Å². The zero-order valence-electron chi connectivity index (χ0n) is 11.6. The first-order valence-electron chi connectivity index (χ1n) is 6.32. The molecule has 5 nitrogen and oxygen atoms in total. The number of thioether (sulfide) groups is 1. The van der Waals surface area contributed by atoms with Crippen LogP contribution in [0.5, 0.6) is 0 Å². The van der Waals surface area contributed by atoms with Gasteiger partial charge >= 0.3 is 5.97 Å². The predicted molar refractivity (Wildman–Crippen MR) is 77.7 cm³/mol. The van der Waals surface area contributed by atoms with E-state index in [1.165, 1.54) is 11.8 Å². The summed E-state index contributed by atoms with van der Waals surface area (Å²) in [5.74, 6) is -0.504. The maximum Gasteiger partial charge on any atom is 0.338 e. The van der Waals surface area contributed by atoms with Crippen molar-refractivity contribution >= 4 is 17.7 Å². The number of carbonyl (C=O) groups excluding carboxylic acids is 1. The lowest BCUT2D eigenvalue weighted by Gasteiger charge is -2.25. The van der Waals surface area contributed by atoms with Gasteiger partial charge in [0.2, 0.25) is 0 Å². The van der Waals surface area contributed by atoms with Gasteiger partial charge in [-0.05, 0) is 25.3 Å². The van der Waals surface area contributed by atoms with Crippen LogP contribution in [0, 0.1) is 0 Å². The van der Waals surface area contributed by atoms with Crippen LogP contribution in [0.4, 0.5) is 0 Å². The Bertz CT molecular complexity index is 398. The fourth-order valence-electron chi connectivity index (χ4n) is 1.64. The molecule has 0 aromatic heterocycles. The van der Waals surface area contributed by atoms with Crippen molar-refractivity contribution in [1.29, 1.82) is 0 Å². The fourth-order valence-corrected chi connectivity index (χ4v) is 2.35. The molecule has 0 fully saturated rings. The third kappa shape index (κ3) is 5.13. The molecule has 0 aliphatic carbocycles. The van der Waals surface area contributed by atoms with Crippen molar-refractivity contribution in [3.05, 3.63) is 35.9 Å². The second-order valence-corrected chi connectivity index (χ2v) is 5.09. The van der Waals surface area contributed by atoms with E-state index < -0.39 is 23.6 Å². The summed E-state index contributed by atoms with van der Waals surface area (Å²) < 4.78 is 10.1. The minimum Gasteiger partial charge on any atom is -0.459 e. The Hall–Kier alpha value is -1.08. The highest BCUT2D eigenvalue weighted by molar-refractivity contribution is 7.99. The Kier molecular flexibility index (Phi) is 7.61. The summed E-state index contributed by atoms with van der Waals surface area (Å²) >= 11 is 1.26. The number of aliphatic hydroxyl groups is 2. The number of hydrogen-bond acceptors (Lipinski definition) is 6. The highest BCUT2D eigenvalue weighted by Gasteiger charge is 2.27. The van der Waals surface area contributed by atoms with Crippen molar-refractivity contribution in [2.24, 2.45) is 0 Å². The number of esters is 1. The van der Waals surface area contributed by atoms with E-state index in [2.05, 4.69) is 0 Å². The van der Waals surface area contributed by atoms with Gasteiger partial charge in [0.25, 0.3) is 0 Å². The first-order valence-corrected chi connectivity index (χ1v) is 7.61. The molecule has 0 aliphatic heterocycles. The van der Waals surface area contributed by atoms with Crippen LogP contribution in [0.25, 0.3) is 0 Å². The Balaban J connectivity index is 2.49. The Morgan fingerprint density at radius 3 is 2.50 bits per heavy atom. The smallest absolute Gasteiger partial charge is 0.338 e. The average molecular weight is 300 g/mol. The van der Waals surface area contributed by atoms with E-state index in [0.29, 0.717) is 12.2 Å². The maximum absolute atomic E-state index is 11.7. The first kappa shape index (κ1) is 17.0. The van der Waals surface area contributed by atoms with Gasteiger partial charge in [0.05, 0.1) is 10.8 Å². The second kappa shape index (κ2) is 8.97. The molecule has 0 saturated heterocycles. The summed E-state index contributed by atoms with van der Waals surface area (Å²) in [5, 5.41) is 19.1. The molecule has 1 rings (SSSR count). The zero-order valence-corrected chi connectivity index (χ0v) is 12.4. The molecule has 2 N–H and O–H groups in total. The van der Waals surface area contributed by atoms with E-state index in [0.717, 1.165) is 0 Å². The summed E-state index contributed by atoms with van der Waals surface area (Å²) in [5.41, 5.74) is 0.422. The number of rotatable bonds is 8. The van der Waals surface area contributed by atoms with Gasteiger partial charge in [-0.1, -0.05) is 18.2 Å². The SMILES string of the molecule is CCOC(O)C(SC)C(O)COC(=O)c1ccccc1. The van der Waals surface area contributed by atoms with Crippen molar-refractivity contribution < 1.29 is 24.5 Å². The molecule has 0 radical (unpaired) electrons. The molecule has 3 atom stereocenters. The molecular weight excluding hydrogens is 280 g/mol. The van der Waals surface area contributed by atoms with Crippen LogP contribution in [-0.4, -0.2) is 53.3 Å². The topological polar surface area (TPSA) is 76.0 Å². The van der Waals surface area contributed by atoms with Crippen LogP contribution >= 0.6 is 11.8 Å². The molecule has 0 bridgehead atoms. The summed E-state index contributed by atoms with van der Waals surface area (Å²) in [6, 6.07) is 8.53. The quantitative estimate of drug-likeness (QED) is 0.556. The number of benzene rings is 1. The van der Waals surface area contributed by atoms with E-state index in [1.807, 2.05) is 0 Å². The third-order valence-corrected chi connectivity index (χ3v) is 3.76. The van der Waals surface area contributed by atoms with Crippen LogP contribution < -0.4 is 0 Å². The molecule has 20 heavy (non-hydrogen) atoms. The van der Waals surface area contributed by atoms with E-state index >= 15 is 0 Å². The van der Waals surface area contributed by atoms with Crippen molar-refractivity contribution in [3.63, 3.8) is 0 Å². The van der Waals surface area contributed by atoms with Gasteiger partial charge in [-0.15, -0.1) is 0 Å². The van der Waals surface area contributed by atoms with E-state index in [-0.39, 0.29) is 6.61 Å². The second-order valence-electron chi connectivity index (χ2n) is 4.08. The lowest BCUT2D eigenvalue weighted by atomic mass is 10.2. The molecule has 3 unspecified atom stereocenters. The number of carbonyl (C=O) groups is 1. The van der Waals surface area contributed by atoms with Gasteiger partial charge < -0.3 is 19.7 Å². The summed E-state index contributed by atoms with van der Waals surface area (Å²) in [7, 11) is 0. The van der Waals surface area contributed by atoms with E-state index in [4.69, 9.17) is 9.47 Å². The normalized spacial score (nSPS) is 15.4. The first-order chi connectivity index (χ1) is 9.60. The van der Waals surface area contributed by atoms with Crippen LogP contribution in [-0.2, 0) is 9.47 Å². The van der Waals surface area contributed by atoms with Crippen molar-refractivity contribution in [1.82, 2.24) is 0 Å². The van der Waals surface area contributed by atoms with Crippen LogP contribution in [0.2, 0.25) is 0 Å². The molecule has 6 heteroatoms. The Labute approximate surface area is 122 Å². The van der Waals surface area contributed by atoms with Crippen LogP contribution in [0.1, 0.15) is 17.3 Å². The summed E-state index contributed by atoms with van der Waals surface area (Å²) in [6.45, 7) is 1.90. The summed E-state index contributed by atoms with van der Waals surface area (Å²) in [6.07, 6.45) is -0.352. The van der Waals surface area contributed by atoms with Gasteiger partial charge in [-0.2, -0.15) is 11.8 Å². The number of ether oxygens (including phenoxy) is 2. The molecule has 0 heterocycles. The molecule has 0 amide bonds. The molecule has 0 saturated carbocycles. The molecule has 1 aromatic carbocycles. The number of aliphatic hydroxyl groups excluding tert-OH is 2. The largest absolute Gasteiger partial charge is 0.459 e. The van der Waals surface area contributed by atoms with Crippen molar-refractivity contribution in [2.75, 3.05) is 19.5 Å². The molecule has 112 valence electrons. The third-order valence-electron chi connectivity index (χ3n) is 2.66. The Morgan fingerprint density at radius 1 is 1.30 bits per heavy atom. The molecule has 1 aromatic rings. The van der Waals surface area contributed by atoms with Crippen molar-refractivity contribution in [3.8, 4) is 0 Å². The minimum atomic E-state index is -1.10. The molecular formula is C14H20O5S. The van der Waals surface area contributed by atoms with Crippen molar-refractivity contribution in [2.45, 2.75) is 24.6 Å². The zero-order chi connectivity index (χ0) is 15.0.